The maximum absolute atomic E-state index is 12.7. The van der Waals surface area contributed by atoms with Gasteiger partial charge in [0.25, 0.3) is 0 Å². The summed E-state index contributed by atoms with van der Waals surface area (Å²) in [5.41, 5.74) is 1.77. The Balaban J connectivity index is 0.000000701. The summed E-state index contributed by atoms with van der Waals surface area (Å²) in [6, 6.07) is 20.0. The van der Waals surface area contributed by atoms with Gasteiger partial charge in [0, 0.05) is 0 Å². The Morgan fingerprint density at radius 1 is 0.880 bits per heavy atom. The average Bonchev–Trinajstić information content (AvgIpc) is 3.12. The van der Waals surface area contributed by atoms with E-state index in [2.05, 4.69) is 24.3 Å². The number of esters is 1. The molecule has 4 nitrogen and oxygen atoms in total. The summed E-state index contributed by atoms with van der Waals surface area (Å²) in [4.78, 5) is 28.9. The van der Waals surface area contributed by atoms with Gasteiger partial charge in [-0.15, -0.1) is 0 Å². The van der Waals surface area contributed by atoms with Crippen LogP contribution in [0.3, 0.4) is 0 Å². The van der Waals surface area contributed by atoms with Gasteiger partial charge in [-0.05, 0) is 30.4 Å². The van der Waals surface area contributed by atoms with Crippen molar-refractivity contribution < 1.29 is 19.1 Å². The van der Waals surface area contributed by atoms with E-state index in [0.29, 0.717) is 6.61 Å². The number of rotatable bonds is 5. The second-order valence-electron chi connectivity index (χ2n) is 5.97. The lowest BCUT2D eigenvalue weighted by Crippen LogP contribution is -2.32. The molecule has 0 spiro atoms. The lowest BCUT2D eigenvalue weighted by atomic mass is 9.79. The minimum Gasteiger partial charge on any atom is -0.460 e. The third kappa shape index (κ3) is 5.27. The average molecular weight is 336 g/mol. The number of carbonyl (C=O) groups excluding carboxylic acids is 3. The van der Waals surface area contributed by atoms with Crippen molar-refractivity contribution in [3.8, 4) is 0 Å². The maximum atomic E-state index is 12.7. The zero-order chi connectivity index (χ0) is 18.0. The van der Waals surface area contributed by atoms with Crippen LogP contribution in [0.1, 0.15) is 24.0 Å². The van der Waals surface area contributed by atoms with Gasteiger partial charge in [-0.3, -0.25) is 4.79 Å². The Kier molecular flexibility index (Phi) is 6.87. The van der Waals surface area contributed by atoms with Crippen LogP contribution in [0, 0.1) is 5.41 Å². The molecule has 0 aliphatic heterocycles. The summed E-state index contributed by atoms with van der Waals surface area (Å²) in [6.07, 6.45) is 6.68. The highest BCUT2D eigenvalue weighted by molar-refractivity contribution is 5.78. The van der Waals surface area contributed by atoms with E-state index in [9.17, 15) is 4.79 Å². The van der Waals surface area contributed by atoms with Gasteiger partial charge < -0.3 is 4.74 Å². The minimum absolute atomic E-state index is 0.0924. The first-order valence-electron chi connectivity index (χ1n) is 8.09. The molecule has 0 bridgehead atoms. The van der Waals surface area contributed by atoms with Crippen molar-refractivity contribution in [2.45, 2.75) is 25.9 Å². The van der Waals surface area contributed by atoms with E-state index in [-0.39, 0.29) is 12.1 Å². The van der Waals surface area contributed by atoms with E-state index in [1.807, 2.05) is 48.5 Å². The van der Waals surface area contributed by atoms with Crippen LogP contribution in [-0.4, -0.2) is 12.1 Å². The summed E-state index contributed by atoms with van der Waals surface area (Å²) >= 11 is 0. The van der Waals surface area contributed by atoms with Crippen LogP contribution in [0.2, 0.25) is 0 Å². The maximum Gasteiger partial charge on any atom is 0.373 e. The van der Waals surface area contributed by atoms with Crippen LogP contribution < -0.4 is 0 Å². The van der Waals surface area contributed by atoms with Crippen LogP contribution in [0.4, 0.5) is 0 Å². The summed E-state index contributed by atoms with van der Waals surface area (Å²) in [5, 5.41) is 0. The van der Waals surface area contributed by atoms with Crippen molar-refractivity contribution in [2.24, 2.45) is 5.41 Å². The molecule has 0 saturated heterocycles. The highest BCUT2D eigenvalue weighted by Crippen LogP contribution is 2.38. The molecule has 2 aromatic carbocycles. The highest BCUT2D eigenvalue weighted by Gasteiger charge is 2.40. The third-order valence-corrected chi connectivity index (χ3v) is 4.21. The number of ether oxygens (including phenoxy) is 1. The van der Waals surface area contributed by atoms with E-state index >= 15 is 0 Å². The van der Waals surface area contributed by atoms with Crippen LogP contribution in [-0.2, 0) is 32.1 Å². The van der Waals surface area contributed by atoms with Gasteiger partial charge in [-0.25, -0.2) is 0 Å². The van der Waals surface area contributed by atoms with E-state index in [1.165, 1.54) is 5.56 Å². The van der Waals surface area contributed by atoms with Crippen LogP contribution in [0.15, 0.2) is 72.8 Å². The molecule has 0 aromatic heterocycles. The molecule has 25 heavy (non-hydrogen) atoms. The Hall–Kier alpha value is -2.97. The second-order valence-corrected chi connectivity index (χ2v) is 5.97. The SMILES string of the molecule is O=C(OCc1ccccc1)C1(Cc2ccccc2)CC=CC1.O=C=O. The lowest BCUT2D eigenvalue weighted by Gasteiger charge is -2.27. The van der Waals surface area contributed by atoms with Crippen molar-refractivity contribution in [2.75, 3.05) is 0 Å². The fourth-order valence-corrected chi connectivity index (χ4v) is 2.95. The molecule has 128 valence electrons. The van der Waals surface area contributed by atoms with Crippen molar-refractivity contribution in [3.63, 3.8) is 0 Å². The summed E-state index contributed by atoms with van der Waals surface area (Å²) < 4.78 is 5.61. The Morgan fingerprint density at radius 3 is 1.88 bits per heavy atom. The molecular weight excluding hydrogens is 316 g/mol. The van der Waals surface area contributed by atoms with Gasteiger partial charge in [0.15, 0.2) is 0 Å². The first-order valence-corrected chi connectivity index (χ1v) is 8.09. The first-order chi connectivity index (χ1) is 12.2. The second kappa shape index (κ2) is 9.36. The molecule has 2 aromatic rings. The quantitative estimate of drug-likeness (QED) is 0.617. The van der Waals surface area contributed by atoms with Crippen molar-refractivity contribution in [1.29, 1.82) is 0 Å². The van der Waals surface area contributed by atoms with Crippen molar-refractivity contribution in [3.05, 3.63) is 83.9 Å². The number of hydrogen-bond acceptors (Lipinski definition) is 4. The molecule has 0 unspecified atom stereocenters. The van der Waals surface area contributed by atoms with Crippen LogP contribution >= 0.6 is 0 Å². The van der Waals surface area contributed by atoms with E-state index < -0.39 is 5.41 Å². The van der Waals surface area contributed by atoms with Gasteiger partial charge in [0.1, 0.15) is 6.61 Å². The monoisotopic (exact) mass is 336 g/mol. The molecule has 1 aliphatic carbocycles. The molecule has 4 heteroatoms. The molecule has 3 rings (SSSR count). The Morgan fingerprint density at radius 2 is 1.36 bits per heavy atom. The van der Waals surface area contributed by atoms with E-state index in [1.54, 1.807) is 0 Å². The third-order valence-electron chi connectivity index (χ3n) is 4.21. The number of carbonyl (C=O) groups is 1. The molecule has 0 amide bonds. The zero-order valence-electron chi connectivity index (χ0n) is 13.9. The Bertz CT molecular complexity index is 721. The van der Waals surface area contributed by atoms with Crippen molar-refractivity contribution >= 4 is 12.1 Å². The van der Waals surface area contributed by atoms with Gasteiger partial charge in [-0.2, -0.15) is 9.59 Å². The predicted octanol–water partition coefficient (Wildman–Crippen LogP) is 3.73. The van der Waals surface area contributed by atoms with Gasteiger partial charge in [0.2, 0.25) is 0 Å². The standard InChI is InChI=1S/C20H20O2.CO2/c21-19(22-16-18-11-5-2-6-12-18)20(13-7-8-14-20)15-17-9-3-1-4-10-17;2-1-3/h1-12H,13-16H2;. The summed E-state index contributed by atoms with van der Waals surface area (Å²) in [6.45, 7) is 0.343. The van der Waals surface area contributed by atoms with Crippen LogP contribution in [0.5, 0.6) is 0 Å². The molecule has 1 aliphatic rings. The van der Waals surface area contributed by atoms with E-state index in [4.69, 9.17) is 14.3 Å². The van der Waals surface area contributed by atoms with Gasteiger partial charge in [0.05, 0.1) is 5.41 Å². The molecule has 0 atom stereocenters. The zero-order valence-corrected chi connectivity index (χ0v) is 13.9. The largest absolute Gasteiger partial charge is 0.460 e. The summed E-state index contributed by atoms with van der Waals surface area (Å²) in [5.74, 6) is -0.0924. The number of allylic oxidation sites excluding steroid dienone is 2. The van der Waals surface area contributed by atoms with Gasteiger partial charge in [-0.1, -0.05) is 72.8 Å². The van der Waals surface area contributed by atoms with Crippen LogP contribution in [0.25, 0.3) is 0 Å². The minimum atomic E-state index is -0.434. The molecule has 0 saturated carbocycles. The molecule has 0 heterocycles. The summed E-state index contributed by atoms with van der Waals surface area (Å²) in [7, 11) is 0. The molecular formula is C21H20O4. The molecule has 0 radical (unpaired) electrons. The number of hydrogen-bond donors (Lipinski definition) is 0. The fourth-order valence-electron chi connectivity index (χ4n) is 2.95. The number of benzene rings is 2. The first kappa shape index (κ1) is 18.4. The predicted molar refractivity (Wildman–Crippen MR) is 92.2 cm³/mol. The van der Waals surface area contributed by atoms with Crippen molar-refractivity contribution in [1.82, 2.24) is 0 Å². The fraction of sp³-hybridized carbons (Fsp3) is 0.238. The molecule has 0 fully saturated rings. The Labute approximate surface area is 147 Å². The normalized spacial score (nSPS) is 14.1. The molecule has 0 N–H and O–H groups in total. The lowest BCUT2D eigenvalue weighted by molar-refractivity contribution is -0.191. The smallest absolute Gasteiger partial charge is 0.373 e. The topological polar surface area (TPSA) is 60.4 Å². The van der Waals surface area contributed by atoms with Gasteiger partial charge >= 0.3 is 12.1 Å². The van der Waals surface area contributed by atoms with E-state index in [0.717, 1.165) is 24.8 Å². The highest BCUT2D eigenvalue weighted by atomic mass is 16.5.